The molecule has 12 nitrogen and oxygen atoms in total. The minimum absolute atomic E-state index is 0.0455. The van der Waals surface area contributed by atoms with Gasteiger partial charge >= 0.3 is 23.9 Å². The lowest BCUT2D eigenvalue weighted by molar-refractivity contribution is -0.144. The standard InChI is InChI=1S/C19H37NO2.C16H31NO2.C14H27NO2.C12H23NO2/c1-5-22-19(21)14-12-10-8-6-7-9-11-13-15-20-18(4)16-17(2)3;1-5-6-12-19-16(18)10-8-7-9-11-17-15(4)13-14(2)3;1-5-17-14(16)9-7-6-8-10-15-13(4)11-12(2)3;1-5-15-12(14)7-6-8-13-11(4)9-10(2)3/h17H,5-16H2,1-4H3;14H,5-13H2,1-4H3;12H,5-11H2,1-4H3;10H,5-9H2,1-4H3. The van der Waals surface area contributed by atoms with E-state index in [2.05, 4.69) is 103 Å². The number of nitrogens with zero attached hydrogens (tertiary/aromatic N) is 4. The maximum atomic E-state index is 11.3. The third-order valence-corrected chi connectivity index (χ3v) is 10.9. The van der Waals surface area contributed by atoms with E-state index in [0.717, 1.165) is 122 Å². The van der Waals surface area contributed by atoms with Crippen LogP contribution in [-0.2, 0) is 38.1 Å². The molecule has 0 radical (unpaired) electrons. The number of aliphatic imine (C=N–C) groups is 4. The maximum Gasteiger partial charge on any atom is 0.305 e. The fourth-order valence-electron chi connectivity index (χ4n) is 7.58. The smallest absolute Gasteiger partial charge is 0.305 e. The minimum Gasteiger partial charge on any atom is -0.466 e. The highest BCUT2D eigenvalue weighted by Crippen LogP contribution is 2.12. The lowest BCUT2D eigenvalue weighted by Crippen LogP contribution is -2.05. The van der Waals surface area contributed by atoms with Crippen LogP contribution in [0.4, 0.5) is 0 Å². The van der Waals surface area contributed by atoms with Crippen molar-refractivity contribution >= 4 is 46.7 Å². The number of ether oxygens (including phenoxy) is 4. The molecule has 0 N–H and O–H groups in total. The van der Waals surface area contributed by atoms with Crippen LogP contribution in [0, 0.1) is 23.7 Å². The van der Waals surface area contributed by atoms with E-state index in [-0.39, 0.29) is 23.9 Å². The minimum atomic E-state index is -0.116. The normalized spacial score (nSPS) is 11.9. The van der Waals surface area contributed by atoms with Crippen molar-refractivity contribution in [1.82, 2.24) is 0 Å². The van der Waals surface area contributed by atoms with Gasteiger partial charge in [0.15, 0.2) is 0 Å². The molecule has 0 rings (SSSR count). The first-order chi connectivity index (χ1) is 34.7. The molecular formula is C61H118N4O8. The van der Waals surface area contributed by atoms with Crippen LogP contribution in [0.2, 0.25) is 0 Å². The number of hydrogen-bond donors (Lipinski definition) is 0. The van der Waals surface area contributed by atoms with Crippen molar-refractivity contribution in [2.45, 2.75) is 271 Å². The molecule has 0 aliphatic heterocycles. The summed E-state index contributed by atoms with van der Waals surface area (Å²) in [5.74, 6) is 2.44. The van der Waals surface area contributed by atoms with Crippen LogP contribution in [0.25, 0.3) is 0 Å². The highest BCUT2D eigenvalue weighted by Gasteiger charge is 2.05. The molecule has 0 saturated carbocycles. The van der Waals surface area contributed by atoms with Gasteiger partial charge in [0.05, 0.1) is 26.4 Å². The molecule has 0 spiro atoms. The monoisotopic (exact) mass is 1030 g/mol. The van der Waals surface area contributed by atoms with E-state index < -0.39 is 0 Å². The molecule has 73 heavy (non-hydrogen) atoms. The summed E-state index contributed by atoms with van der Waals surface area (Å²) in [5, 5.41) is 0. The van der Waals surface area contributed by atoms with Gasteiger partial charge in [0, 0.05) is 74.7 Å². The number of unbranched alkanes of at least 4 members (excludes halogenated alkanes) is 12. The summed E-state index contributed by atoms with van der Waals surface area (Å²) in [6, 6.07) is 0. The zero-order valence-electron chi connectivity index (χ0n) is 50.7. The molecule has 0 unspecified atom stereocenters. The van der Waals surface area contributed by atoms with Crippen LogP contribution >= 0.6 is 0 Å². The predicted molar refractivity (Wildman–Crippen MR) is 313 cm³/mol. The fraction of sp³-hybridized carbons (Fsp3) is 0.869. The zero-order valence-corrected chi connectivity index (χ0v) is 50.7. The Labute approximate surface area is 450 Å². The van der Waals surface area contributed by atoms with Crippen LogP contribution in [0.3, 0.4) is 0 Å². The molecule has 430 valence electrons. The average Bonchev–Trinajstić information content (AvgIpc) is 3.29. The van der Waals surface area contributed by atoms with Gasteiger partial charge in [-0.2, -0.15) is 0 Å². The largest absolute Gasteiger partial charge is 0.466 e. The van der Waals surface area contributed by atoms with Crippen molar-refractivity contribution in [3.8, 4) is 0 Å². The van der Waals surface area contributed by atoms with Gasteiger partial charge in [-0.1, -0.05) is 120 Å². The first-order valence-electron chi connectivity index (χ1n) is 29.4. The second-order valence-corrected chi connectivity index (χ2v) is 21.2. The Hall–Kier alpha value is -3.44. The third-order valence-electron chi connectivity index (χ3n) is 10.9. The van der Waals surface area contributed by atoms with Crippen molar-refractivity contribution in [3.63, 3.8) is 0 Å². The first kappa shape index (κ1) is 76.1. The van der Waals surface area contributed by atoms with Crippen molar-refractivity contribution in [2.75, 3.05) is 52.6 Å². The lowest BCUT2D eigenvalue weighted by Gasteiger charge is -2.05. The van der Waals surface area contributed by atoms with Gasteiger partial charge < -0.3 is 18.9 Å². The molecule has 0 amide bonds. The second kappa shape index (κ2) is 57.8. The first-order valence-corrected chi connectivity index (χ1v) is 29.4. The maximum absolute atomic E-state index is 11.3. The summed E-state index contributed by atoms with van der Waals surface area (Å²) < 4.78 is 19.7. The zero-order chi connectivity index (χ0) is 55.9. The van der Waals surface area contributed by atoms with E-state index in [1.54, 1.807) is 0 Å². The number of carbonyl (C=O) groups is 4. The van der Waals surface area contributed by atoms with E-state index >= 15 is 0 Å². The van der Waals surface area contributed by atoms with Crippen LogP contribution < -0.4 is 0 Å². The number of rotatable bonds is 41. The van der Waals surface area contributed by atoms with Crippen LogP contribution in [0.1, 0.15) is 271 Å². The van der Waals surface area contributed by atoms with E-state index in [0.29, 0.717) is 75.8 Å². The topological polar surface area (TPSA) is 155 Å². The van der Waals surface area contributed by atoms with Crippen LogP contribution in [0.15, 0.2) is 20.0 Å². The van der Waals surface area contributed by atoms with Gasteiger partial charge in [0.1, 0.15) is 0 Å². The Morgan fingerprint density at radius 1 is 0.315 bits per heavy atom. The van der Waals surface area contributed by atoms with E-state index in [4.69, 9.17) is 18.9 Å². The highest BCUT2D eigenvalue weighted by molar-refractivity contribution is 5.83. The second-order valence-electron chi connectivity index (χ2n) is 21.2. The molecule has 12 heteroatoms. The van der Waals surface area contributed by atoms with Gasteiger partial charge in [-0.25, -0.2) is 0 Å². The molecule has 0 aromatic heterocycles. The Morgan fingerprint density at radius 3 is 0.822 bits per heavy atom. The van der Waals surface area contributed by atoms with E-state index in [9.17, 15) is 19.2 Å². The Balaban J connectivity index is -0.000000439. The molecule has 0 heterocycles. The van der Waals surface area contributed by atoms with E-state index in [1.807, 2.05) is 27.7 Å². The summed E-state index contributed by atoms with van der Waals surface area (Å²) in [6.45, 7) is 39.2. The third kappa shape index (κ3) is 70.7. The van der Waals surface area contributed by atoms with Crippen molar-refractivity contribution in [2.24, 2.45) is 43.6 Å². The van der Waals surface area contributed by atoms with E-state index in [1.165, 1.54) is 61.4 Å². The number of hydrogen-bond acceptors (Lipinski definition) is 12. The predicted octanol–water partition coefficient (Wildman–Crippen LogP) is 16.4. The molecule has 0 atom stereocenters. The number of esters is 4. The van der Waals surface area contributed by atoms with Gasteiger partial charge in [0.2, 0.25) is 0 Å². The van der Waals surface area contributed by atoms with Gasteiger partial charge in [-0.15, -0.1) is 0 Å². The molecule has 0 fully saturated rings. The molecule has 0 aromatic carbocycles. The molecule has 0 saturated heterocycles. The number of carbonyl (C=O) groups excluding carboxylic acids is 4. The lowest BCUT2D eigenvalue weighted by atomic mass is 10.1. The van der Waals surface area contributed by atoms with Gasteiger partial charge in [-0.05, 0) is 149 Å². The Morgan fingerprint density at radius 2 is 0.548 bits per heavy atom. The molecule has 0 aliphatic carbocycles. The summed E-state index contributed by atoms with van der Waals surface area (Å²) in [5.41, 5.74) is 4.96. The van der Waals surface area contributed by atoms with Crippen LogP contribution in [0.5, 0.6) is 0 Å². The molecular weight excluding hydrogens is 917 g/mol. The summed E-state index contributed by atoms with van der Waals surface area (Å²) in [7, 11) is 0. The Kier molecular flexibility index (Phi) is 60.3. The van der Waals surface area contributed by atoms with Crippen molar-refractivity contribution in [1.29, 1.82) is 0 Å². The van der Waals surface area contributed by atoms with Gasteiger partial charge in [0.25, 0.3) is 0 Å². The molecule has 0 aliphatic rings. The quantitative estimate of drug-likeness (QED) is 0.0254. The fourth-order valence-corrected chi connectivity index (χ4v) is 7.58. The summed E-state index contributed by atoms with van der Waals surface area (Å²) in [4.78, 5) is 62.6. The van der Waals surface area contributed by atoms with Crippen molar-refractivity contribution < 1.29 is 38.1 Å². The van der Waals surface area contributed by atoms with Crippen molar-refractivity contribution in [3.05, 3.63) is 0 Å². The van der Waals surface area contributed by atoms with Gasteiger partial charge in [-0.3, -0.25) is 39.1 Å². The molecule has 0 aromatic rings. The van der Waals surface area contributed by atoms with Crippen LogP contribution in [-0.4, -0.2) is 99.3 Å². The Bertz CT molecular complexity index is 1420. The molecule has 0 bridgehead atoms. The highest BCUT2D eigenvalue weighted by atomic mass is 16.5. The average molecular weight is 1040 g/mol. The summed E-state index contributed by atoms with van der Waals surface area (Å²) in [6.07, 6.45) is 25.2. The summed E-state index contributed by atoms with van der Waals surface area (Å²) >= 11 is 0. The SMILES string of the molecule is CCCCOC(=O)CCCCCN=C(C)CC(C)C.CCOC(=O)CCCCCCCCCCN=C(C)CC(C)C.CCOC(=O)CCCCCN=C(C)CC(C)C.CCOC(=O)CCCN=C(C)CC(C)C.